The van der Waals surface area contributed by atoms with E-state index in [-0.39, 0.29) is 21.5 Å². The number of hydrogen-bond acceptors (Lipinski definition) is 5. The van der Waals surface area contributed by atoms with E-state index in [1.165, 1.54) is 12.1 Å². The largest absolute Gasteiger partial charge is 0.381 e. The predicted octanol–water partition coefficient (Wildman–Crippen LogP) is 3.90. The molecule has 8 heteroatoms. The first kappa shape index (κ1) is 22.8. The van der Waals surface area contributed by atoms with Gasteiger partial charge in [0.25, 0.3) is 0 Å². The van der Waals surface area contributed by atoms with E-state index in [2.05, 4.69) is 10.0 Å². The molecule has 30 heavy (non-hydrogen) atoms. The lowest BCUT2D eigenvalue weighted by atomic mass is 9.99. The summed E-state index contributed by atoms with van der Waals surface area (Å²) >= 11 is 1.71. The molecule has 0 bridgehead atoms. The van der Waals surface area contributed by atoms with Crippen molar-refractivity contribution in [2.45, 2.75) is 41.2 Å². The second-order valence-electron chi connectivity index (χ2n) is 7.70. The summed E-state index contributed by atoms with van der Waals surface area (Å²) in [5.74, 6) is -0.254. The van der Waals surface area contributed by atoms with Crippen LogP contribution in [0.25, 0.3) is 0 Å². The van der Waals surface area contributed by atoms with Gasteiger partial charge in [-0.05, 0) is 49.2 Å². The Morgan fingerprint density at radius 2 is 1.70 bits per heavy atom. The highest BCUT2D eigenvalue weighted by atomic mass is 32.2. The summed E-state index contributed by atoms with van der Waals surface area (Å²) < 4.78 is 33.8. The lowest BCUT2D eigenvalue weighted by molar-refractivity contribution is -0.118. The molecule has 1 heterocycles. The van der Waals surface area contributed by atoms with Crippen LogP contribution in [0, 0.1) is 5.92 Å². The van der Waals surface area contributed by atoms with Gasteiger partial charge >= 0.3 is 0 Å². The number of carbonyl (C=O) groups is 1. The quantitative estimate of drug-likeness (QED) is 0.640. The highest BCUT2D eigenvalue weighted by Crippen LogP contribution is 2.40. The Hall–Kier alpha value is -1.87. The molecule has 0 aromatic heterocycles. The van der Waals surface area contributed by atoms with Crippen molar-refractivity contribution in [2.75, 3.05) is 25.1 Å². The van der Waals surface area contributed by atoms with E-state index < -0.39 is 10.0 Å². The van der Waals surface area contributed by atoms with Crippen molar-refractivity contribution >= 4 is 33.4 Å². The van der Waals surface area contributed by atoms with Crippen molar-refractivity contribution in [3.8, 4) is 0 Å². The summed E-state index contributed by atoms with van der Waals surface area (Å²) in [5, 5.41) is 2.77. The standard InChI is InChI=1S/C22H28N2O4S2/c1-17(2)21(25)24-18-8-10-20(11-9-18)30(26,27)23-16-22(12-14-28-15-13-22)29-19-6-4-3-5-7-19/h3-11,17,23H,12-16H2,1-2H3,(H,24,25). The molecule has 6 nitrogen and oxygen atoms in total. The molecule has 0 unspecified atom stereocenters. The molecule has 2 aromatic rings. The van der Waals surface area contributed by atoms with Gasteiger partial charge in [-0.1, -0.05) is 32.0 Å². The van der Waals surface area contributed by atoms with Crippen molar-refractivity contribution in [2.24, 2.45) is 5.92 Å². The number of thioether (sulfide) groups is 1. The smallest absolute Gasteiger partial charge is 0.240 e. The van der Waals surface area contributed by atoms with Gasteiger partial charge in [-0.15, -0.1) is 11.8 Å². The zero-order chi connectivity index (χ0) is 21.6. The van der Waals surface area contributed by atoms with Gasteiger partial charge in [-0.3, -0.25) is 4.79 Å². The van der Waals surface area contributed by atoms with E-state index in [4.69, 9.17) is 4.74 Å². The molecule has 0 aliphatic carbocycles. The fraction of sp³-hybridized carbons (Fsp3) is 0.409. The first-order valence-electron chi connectivity index (χ1n) is 10.0. The van der Waals surface area contributed by atoms with E-state index in [1.54, 1.807) is 37.7 Å². The monoisotopic (exact) mass is 448 g/mol. The first-order valence-corrected chi connectivity index (χ1v) is 12.3. The number of benzene rings is 2. The van der Waals surface area contributed by atoms with E-state index in [1.807, 2.05) is 30.3 Å². The van der Waals surface area contributed by atoms with Crippen LogP contribution in [-0.4, -0.2) is 38.8 Å². The molecule has 162 valence electrons. The molecule has 2 N–H and O–H groups in total. The Balaban J connectivity index is 1.69. The molecule has 0 saturated carbocycles. The average molecular weight is 449 g/mol. The van der Waals surface area contributed by atoms with E-state index in [9.17, 15) is 13.2 Å². The molecule has 0 atom stereocenters. The molecule has 3 rings (SSSR count). The summed E-state index contributed by atoms with van der Waals surface area (Å²) in [6, 6.07) is 16.3. The topological polar surface area (TPSA) is 84.5 Å². The third-order valence-corrected chi connectivity index (χ3v) is 7.93. The zero-order valence-electron chi connectivity index (χ0n) is 17.3. The van der Waals surface area contributed by atoms with E-state index in [0.717, 1.165) is 17.7 Å². The Morgan fingerprint density at radius 1 is 1.07 bits per heavy atom. The van der Waals surface area contributed by atoms with Crippen LogP contribution in [0.1, 0.15) is 26.7 Å². The van der Waals surface area contributed by atoms with Gasteiger partial charge < -0.3 is 10.1 Å². The van der Waals surface area contributed by atoms with Gasteiger partial charge in [-0.25, -0.2) is 13.1 Å². The van der Waals surface area contributed by atoms with Crippen LogP contribution >= 0.6 is 11.8 Å². The number of amides is 1. The van der Waals surface area contributed by atoms with Crippen molar-refractivity contribution in [1.82, 2.24) is 4.72 Å². The van der Waals surface area contributed by atoms with E-state index >= 15 is 0 Å². The Morgan fingerprint density at radius 3 is 2.30 bits per heavy atom. The lowest BCUT2D eigenvalue weighted by Crippen LogP contribution is -2.44. The lowest BCUT2D eigenvalue weighted by Gasteiger charge is -2.36. The molecular weight excluding hydrogens is 420 g/mol. The molecule has 1 aliphatic rings. The minimum Gasteiger partial charge on any atom is -0.381 e. The highest BCUT2D eigenvalue weighted by Gasteiger charge is 2.35. The molecule has 1 saturated heterocycles. The molecular formula is C22H28N2O4S2. The number of nitrogens with one attached hydrogen (secondary N) is 2. The van der Waals surface area contributed by atoms with E-state index in [0.29, 0.717) is 25.4 Å². The summed E-state index contributed by atoms with van der Waals surface area (Å²) in [6.45, 7) is 5.16. The molecule has 2 aromatic carbocycles. The maximum absolute atomic E-state index is 12.9. The van der Waals surface area contributed by atoms with Crippen LogP contribution in [0.15, 0.2) is 64.4 Å². The van der Waals surface area contributed by atoms with Crippen molar-refractivity contribution in [3.05, 3.63) is 54.6 Å². The summed E-state index contributed by atoms with van der Waals surface area (Å²) in [6.07, 6.45) is 1.55. The Bertz CT molecular complexity index is 939. The number of ether oxygens (including phenoxy) is 1. The molecule has 0 spiro atoms. The van der Waals surface area contributed by atoms with Crippen LogP contribution in [0.2, 0.25) is 0 Å². The second kappa shape index (κ2) is 9.96. The number of anilines is 1. The minimum atomic E-state index is -3.67. The van der Waals surface area contributed by atoms with Crippen LogP contribution in [0.3, 0.4) is 0 Å². The van der Waals surface area contributed by atoms with Crippen LogP contribution in [0.5, 0.6) is 0 Å². The molecule has 0 radical (unpaired) electrons. The van der Waals surface area contributed by atoms with Crippen LogP contribution in [-0.2, 0) is 19.6 Å². The summed E-state index contributed by atoms with van der Waals surface area (Å²) in [7, 11) is -3.67. The summed E-state index contributed by atoms with van der Waals surface area (Å²) in [4.78, 5) is 13.1. The Labute approximate surface area is 182 Å². The number of sulfonamides is 1. The van der Waals surface area contributed by atoms with Gasteiger partial charge in [-0.2, -0.15) is 0 Å². The third kappa shape index (κ3) is 6.07. The molecule has 1 fully saturated rings. The van der Waals surface area contributed by atoms with Crippen molar-refractivity contribution in [1.29, 1.82) is 0 Å². The minimum absolute atomic E-state index is 0.108. The van der Waals surface area contributed by atoms with Gasteiger partial charge in [0.15, 0.2) is 0 Å². The second-order valence-corrected chi connectivity index (χ2v) is 11.0. The van der Waals surface area contributed by atoms with Gasteiger partial charge in [0.1, 0.15) is 0 Å². The van der Waals surface area contributed by atoms with Crippen LogP contribution in [0.4, 0.5) is 5.69 Å². The van der Waals surface area contributed by atoms with Crippen molar-refractivity contribution < 1.29 is 17.9 Å². The Kier molecular flexibility index (Phi) is 7.57. The fourth-order valence-corrected chi connectivity index (χ4v) is 5.64. The molecule has 1 aliphatic heterocycles. The van der Waals surface area contributed by atoms with Gasteiger partial charge in [0.05, 0.1) is 4.90 Å². The number of hydrogen-bond donors (Lipinski definition) is 2. The maximum Gasteiger partial charge on any atom is 0.240 e. The fourth-order valence-electron chi connectivity index (χ4n) is 3.11. The zero-order valence-corrected chi connectivity index (χ0v) is 18.9. The third-order valence-electron chi connectivity index (χ3n) is 5.02. The first-order chi connectivity index (χ1) is 14.3. The number of carbonyl (C=O) groups excluding carboxylic acids is 1. The SMILES string of the molecule is CC(C)C(=O)Nc1ccc(S(=O)(=O)NCC2(Sc3ccccc3)CCOCC2)cc1. The number of rotatable bonds is 8. The molecule has 1 amide bonds. The van der Waals surface area contributed by atoms with Gasteiger partial charge in [0.2, 0.25) is 15.9 Å². The predicted molar refractivity (Wildman–Crippen MR) is 120 cm³/mol. The average Bonchev–Trinajstić information content (AvgIpc) is 2.74. The van der Waals surface area contributed by atoms with Crippen LogP contribution < -0.4 is 10.0 Å². The highest BCUT2D eigenvalue weighted by molar-refractivity contribution is 8.00. The normalized spacial score (nSPS) is 16.4. The summed E-state index contributed by atoms with van der Waals surface area (Å²) in [5.41, 5.74) is 0.577. The van der Waals surface area contributed by atoms with Crippen molar-refractivity contribution in [3.63, 3.8) is 0 Å². The van der Waals surface area contributed by atoms with Gasteiger partial charge in [0, 0.05) is 41.0 Å². The maximum atomic E-state index is 12.9.